The van der Waals surface area contributed by atoms with Crippen LogP contribution in [0.3, 0.4) is 0 Å². The zero-order valence-electron chi connectivity index (χ0n) is 9.92. The second-order valence-electron chi connectivity index (χ2n) is 4.10. The van der Waals surface area contributed by atoms with Crippen LogP contribution in [0.5, 0.6) is 0 Å². The lowest BCUT2D eigenvalue weighted by Gasteiger charge is -2.12. The van der Waals surface area contributed by atoms with Crippen molar-refractivity contribution in [2.45, 2.75) is 12.5 Å². The van der Waals surface area contributed by atoms with Crippen LogP contribution in [0.2, 0.25) is 0 Å². The van der Waals surface area contributed by atoms with E-state index in [4.69, 9.17) is 5.26 Å². The van der Waals surface area contributed by atoms with E-state index in [1.54, 1.807) is 24.3 Å². The molecule has 0 aliphatic heterocycles. The first-order chi connectivity index (χ1) is 9.11. The van der Waals surface area contributed by atoms with Gasteiger partial charge in [0.2, 0.25) is 0 Å². The molecule has 1 unspecified atom stereocenters. The molecular formula is C15H11F2NO. The molecule has 0 saturated heterocycles. The summed E-state index contributed by atoms with van der Waals surface area (Å²) in [6.07, 6.45) is -3.40. The number of hydrogen-bond donors (Lipinski definition) is 1. The van der Waals surface area contributed by atoms with Crippen molar-refractivity contribution < 1.29 is 13.9 Å². The van der Waals surface area contributed by atoms with E-state index in [1.807, 2.05) is 6.07 Å². The summed E-state index contributed by atoms with van der Waals surface area (Å²) in [4.78, 5) is 0. The predicted molar refractivity (Wildman–Crippen MR) is 66.6 cm³/mol. The third-order valence-electron chi connectivity index (χ3n) is 2.86. The van der Waals surface area contributed by atoms with Gasteiger partial charge in [-0.2, -0.15) is 5.26 Å². The van der Waals surface area contributed by atoms with Gasteiger partial charge in [0.25, 0.3) is 6.43 Å². The zero-order chi connectivity index (χ0) is 13.8. The summed E-state index contributed by atoms with van der Waals surface area (Å²) < 4.78 is 24.8. The Morgan fingerprint density at radius 3 is 1.68 bits per heavy atom. The lowest BCUT2D eigenvalue weighted by molar-refractivity contribution is 0.151. The van der Waals surface area contributed by atoms with Gasteiger partial charge in [-0.15, -0.1) is 0 Å². The number of nitriles is 1. The smallest absolute Gasteiger partial charge is 0.263 e. The van der Waals surface area contributed by atoms with Gasteiger partial charge in [-0.1, -0.05) is 36.4 Å². The summed E-state index contributed by atoms with van der Waals surface area (Å²) in [6.45, 7) is 0. The second-order valence-corrected chi connectivity index (χ2v) is 4.10. The van der Waals surface area contributed by atoms with Gasteiger partial charge in [-0.05, 0) is 23.3 Å². The molecule has 19 heavy (non-hydrogen) atoms. The van der Waals surface area contributed by atoms with E-state index in [9.17, 15) is 13.9 Å². The minimum atomic E-state index is -2.51. The molecule has 0 bridgehead atoms. The van der Waals surface area contributed by atoms with Crippen LogP contribution in [0.15, 0.2) is 48.5 Å². The maximum Gasteiger partial charge on any atom is 0.263 e. The Balaban J connectivity index is 2.23. The van der Waals surface area contributed by atoms with Crippen molar-refractivity contribution in [1.29, 1.82) is 5.26 Å². The molecule has 0 fully saturated rings. The molecule has 0 amide bonds. The van der Waals surface area contributed by atoms with Crippen LogP contribution < -0.4 is 0 Å². The molecule has 0 heterocycles. The highest BCUT2D eigenvalue weighted by molar-refractivity contribution is 5.36. The first-order valence-electron chi connectivity index (χ1n) is 5.68. The fraction of sp³-hybridized carbons (Fsp3) is 0.133. The summed E-state index contributed by atoms with van der Waals surface area (Å²) in [5.74, 6) is 0. The largest absolute Gasteiger partial charge is 0.384 e. The molecule has 0 spiro atoms. The van der Waals surface area contributed by atoms with E-state index in [0.717, 1.165) is 0 Å². The van der Waals surface area contributed by atoms with E-state index < -0.39 is 12.5 Å². The quantitative estimate of drug-likeness (QED) is 0.915. The minimum absolute atomic E-state index is 0.0734. The van der Waals surface area contributed by atoms with Gasteiger partial charge in [-0.25, -0.2) is 8.78 Å². The zero-order valence-corrected chi connectivity index (χ0v) is 9.92. The monoisotopic (exact) mass is 259 g/mol. The number of aliphatic hydroxyl groups is 1. The molecule has 2 nitrogen and oxygen atoms in total. The van der Waals surface area contributed by atoms with Crippen molar-refractivity contribution in [3.63, 3.8) is 0 Å². The Morgan fingerprint density at radius 2 is 1.26 bits per heavy atom. The van der Waals surface area contributed by atoms with Crippen molar-refractivity contribution in [3.05, 3.63) is 70.8 Å². The van der Waals surface area contributed by atoms with Crippen molar-refractivity contribution in [2.75, 3.05) is 0 Å². The second kappa shape index (κ2) is 5.59. The van der Waals surface area contributed by atoms with Gasteiger partial charge in [0.15, 0.2) is 0 Å². The number of nitrogens with zero attached hydrogens (tertiary/aromatic N) is 1. The molecule has 2 aromatic carbocycles. The summed E-state index contributed by atoms with van der Waals surface area (Å²) in [5.41, 5.74) is 1.58. The molecule has 0 aliphatic rings. The van der Waals surface area contributed by atoms with E-state index in [1.165, 1.54) is 24.3 Å². The molecule has 4 heteroatoms. The van der Waals surface area contributed by atoms with Gasteiger partial charge >= 0.3 is 0 Å². The lowest BCUT2D eigenvalue weighted by Crippen LogP contribution is -2.00. The number of aliphatic hydroxyl groups excluding tert-OH is 1. The maximum atomic E-state index is 12.4. The molecule has 1 N–H and O–H groups in total. The summed E-state index contributed by atoms with van der Waals surface area (Å²) in [6, 6.07) is 14.0. The molecule has 2 aromatic rings. The lowest BCUT2D eigenvalue weighted by atomic mass is 9.99. The fourth-order valence-electron chi connectivity index (χ4n) is 1.76. The van der Waals surface area contributed by atoms with Crippen LogP contribution in [0.25, 0.3) is 0 Å². The highest BCUT2D eigenvalue weighted by Gasteiger charge is 2.12. The van der Waals surface area contributed by atoms with Crippen LogP contribution in [0.1, 0.15) is 34.8 Å². The average Bonchev–Trinajstić information content (AvgIpc) is 2.46. The molecule has 96 valence electrons. The SMILES string of the molecule is N#Cc1ccc(C(O)c2ccc(C(F)F)cc2)cc1. The Kier molecular flexibility index (Phi) is 3.88. The molecule has 1 atom stereocenters. The highest BCUT2D eigenvalue weighted by atomic mass is 19.3. The summed E-state index contributed by atoms with van der Waals surface area (Å²) >= 11 is 0. The standard InChI is InChI=1S/C15H11F2NO/c16-15(17)13-7-5-12(6-8-13)14(19)11-3-1-10(9-18)2-4-11/h1-8,14-15,19H. The molecule has 0 radical (unpaired) electrons. The Labute approximate surface area is 109 Å². The van der Waals surface area contributed by atoms with Crippen LogP contribution in [-0.2, 0) is 0 Å². The summed E-state index contributed by atoms with van der Waals surface area (Å²) in [5, 5.41) is 18.8. The van der Waals surface area contributed by atoms with Crippen molar-refractivity contribution in [2.24, 2.45) is 0 Å². The third-order valence-corrected chi connectivity index (χ3v) is 2.86. The number of rotatable bonds is 3. The van der Waals surface area contributed by atoms with Crippen molar-refractivity contribution >= 4 is 0 Å². The molecule has 0 aromatic heterocycles. The van der Waals surface area contributed by atoms with Gasteiger partial charge in [0.05, 0.1) is 11.6 Å². The maximum absolute atomic E-state index is 12.4. The molecule has 0 aliphatic carbocycles. The number of hydrogen-bond acceptors (Lipinski definition) is 2. The normalized spacial score (nSPS) is 12.2. The van der Waals surface area contributed by atoms with Crippen LogP contribution in [-0.4, -0.2) is 5.11 Å². The predicted octanol–water partition coefficient (Wildman–Crippen LogP) is 3.58. The van der Waals surface area contributed by atoms with Gasteiger partial charge in [0, 0.05) is 5.56 Å². The van der Waals surface area contributed by atoms with Gasteiger partial charge < -0.3 is 5.11 Å². The van der Waals surface area contributed by atoms with Crippen molar-refractivity contribution in [1.82, 2.24) is 0 Å². The number of alkyl halides is 2. The Hall–Kier alpha value is -2.25. The molecule has 2 rings (SSSR count). The van der Waals surface area contributed by atoms with E-state index >= 15 is 0 Å². The van der Waals surface area contributed by atoms with Gasteiger partial charge in [0.1, 0.15) is 6.10 Å². The fourth-order valence-corrected chi connectivity index (χ4v) is 1.76. The Morgan fingerprint density at radius 1 is 0.842 bits per heavy atom. The molecule has 0 saturated carbocycles. The van der Waals surface area contributed by atoms with E-state index in [0.29, 0.717) is 16.7 Å². The average molecular weight is 259 g/mol. The third kappa shape index (κ3) is 2.95. The molecular weight excluding hydrogens is 248 g/mol. The first kappa shape index (κ1) is 13.2. The van der Waals surface area contributed by atoms with Crippen LogP contribution in [0.4, 0.5) is 8.78 Å². The van der Waals surface area contributed by atoms with E-state index in [-0.39, 0.29) is 5.56 Å². The van der Waals surface area contributed by atoms with Crippen LogP contribution in [0, 0.1) is 11.3 Å². The Bertz CT molecular complexity index is 585. The van der Waals surface area contributed by atoms with Crippen LogP contribution >= 0.6 is 0 Å². The topological polar surface area (TPSA) is 44.0 Å². The highest BCUT2D eigenvalue weighted by Crippen LogP contribution is 2.25. The van der Waals surface area contributed by atoms with E-state index in [2.05, 4.69) is 0 Å². The summed E-state index contributed by atoms with van der Waals surface area (Å²) in [7, 11) is 0. The van der Waals surface area contributed by atoms with Crippen molar-refractivity contribution in [3.8, 4) is 6.07 Å². The number of halogens is 2. The minimum Gasteiger partial charge on any atom is -0.384 e. The first-order valence-corrected chi connectivity index (χ1v) is 5.68. The number of benzene rings is 2. The van der Waals surface area contributed by atoms with Gasteiger partial charge in [-0.3, -0.25) is 0 Å².